The summed E-state index contributed by atoms with van der Waals surface area (Å²) < 4.78 is 6.81. The highest BCUT2D eigenvalue weighted by Crippen LogP contribution is 2.28. The third-order valence-corrected chi connectivity index (χ3v) is 5.24. The summed E-state index contributed by atoms with van der Waals surface area (Å²) in [5.41, 5.74) is 4.50. The lowest BCUT2D eigenvalue weighted by atomic mass is 10.1. The van der Waals surface area contributed by atoms with Crippen molar-refractivity contribution in [2.45, 2.75) is 25.5 Å². The number of nitrogens with zero attached hydrogens (tertiary/aromatic N) is 3. The zero-order chi connectivity index (χ0) is 18.6. The van der Waals surface area contributed by atoms with E-state index in [0.29, 0.717) is 0 Å². The summed E-state index contributed by atoms with van der Waals surface area (Å²) in [5, 5.41) is 5.18. The number of hydrogen-bond donors (Lipinski definition) is 1. The van der Waals surface area contributed by atoms with E-state index in [1.165, 1.54) is 11.2 Å². The zero-order valence-electron chi connectivity index (χ0n) is 14.8. The van der Waals surface area contributed by atoms with Gasteiger partial charge in [-0.2, -0.15) is 9.89 Å². The van der Waals surface area contributed by atoms with E-state index in [1.807, 2.05) is 48.5 Å². The molecule has 1 amide bonds. The van der Waals surface area contributed by atoms with Gasteiger partial charge in [0.15, 0.2) is 6.23 Å². The first-order chi connectivity index (χ1) is 13.2. The molecule has 6 nitrogen and oxygen atoms in total. The fourth-order valence-electron chi connectivity index (χ4n) is 3.44. The summed E-state index contributed by atoms with van der Waals surface area (Å²) >= 11 is 3.51. The Kier molecular flexibility index (Phi) is 5.40. The van der Waals surface area contributed by atoms with Crippen LogP contribution in [0, 0.1) is 0 Å². The van der Waals surface area contributed by atoms with Crippen LogP contribution in [0.2, 0.25) is 0 Å². The normalized spacial score (nSPS) is 16.2. The largest absolute Gasteiger partial charge is 0.429 e. The highest BCUT2D eigenvalue weighted by atomic mass is 79.9. The number of para-hydroxylation sites is 1. The van der Waals surface area contributed by atoms with Crippen LogP contribution >= 0.6 is 15.9 Å². The Morgan fingerprint density at radius 1 is 1.11 bits per heavy atom. The number of likely N-dealkylation sites (tertiary alicyclic amines) is 1. The van der Waals surface area contributed by atoms with E-state index in [0.717, 1.165) is 46.9 Å². The average Bonchev–Trinajstić information content (AvgIpc) is 3.10. The first kappa shape index (κ1) is 18.0. The van der Waals surface area contributed by atoms with Crippen LogP contribution in [-0.4, -0.2) is 34.0 Å². The third kappa shape index (κ3) is 4.14. The molecule has 7 heteroatoms. The predicted molar refractivity (Wildman–Crippen MR) is 108 cm³/mol. The lowest BCUT2D eigenvalue weighted by molar-refractivity contribution is -0.0206. The smallest absolute Gasteiger partial charge is 0.425 e. The van der Waals surface area contributed by atoms with Crippen molar-refractivity contribution in [3.8, 4) is 0 Å². The molecule has 1 aromatic heterocycles. The molecule has 0 spiro atoms. The second-order valence-corrected chi connectivity index (χ2v) is 7.55. The van der Waals surface area contributed by atoms with Gasteiger partial charge in [0.25, 0.3) is 0 Å². The fraction of sp³-hybridized carbons (Fsp3) is 0.300. The first-order valence-corrected chi connectivity index (χ1v) is 9.90. The van der Waals surface area contributed by atoms with Crippen molar-refractivity contribution >= 4 is 32.9 Å². The maximum absolute atomic E-state index is 12.6. The minimum Gasteiger partial charge on any atom is -0.425 e. The molecule has 2 aromatic carbocycles. The molecule has 27 heavy (non-hydrogen) atoms. The number of fused-ring (bicyclic) bond motifs is 1. The number of rotatable bonds is 4. The second kappa shape index (κ2) is 8.10. The molecule has 4 rings (SSSR count). The number of amides is 1. The molecule has 1 saturated heterocycles. The van der Waals surface area contributed by atoms with Gasteiger partial charge in [0.05, 0.1) is 11.7 Å². The molecule has 1 atom stereocenters. The molecule has 1 fully saturated rings. The number of halogens is 1. The van der Waals surface area contributed by atoms with Crippen molar-refractivity contribution < 1.29 is 9.53 Å². The van der Waals surface area contributed by atoms with E-state index >= 15 is 0 Å². The molecule has 0 aliphatic carbocycles. The lowest BCUT2D eigenvalue weighted by Gasteiger charge is -2.34. The van der Waals surface area contributed by atoms with Crippen LogP contribution in [0.25, 0.3) is 10.9 Å². The molecule has 1 unspecified atom stereocenters. The van der Waals surface area contributed by atoms with Gasteiger partial charge >= 0.3 is 6.09 Å². The molecule has 1 N–H and O–H groups in total. The molecule has 0 saturated carbocycles. The Morgan fingerprint density at radius 2 is 1.93 bits per heavy atom. The van der Waals surface area contributed by atoms with Crippen molar-refractivity contribution in [3.63, 3.8) is 0 Å². The highest BCUT2D eigenvalue weighted by Gasteiger charge is 2.26. The molecule has 140 valence electrons. The number of piperidine rings is 1. The van der Waals surface area contributed by atoms with Gasteiger partial charge in [-0.05, 0) is 31.0 Å². The summed E-state index contributed by atoms with van der Waals surface area (Å²) in [6, 6.07) is 15.6. The number of ether oxygens (including phenoxy) is 1. The molecule has 3 aromatic rings. The van der Waals surface area contributed by atoms with Crippen LogP contribution < -0.4 is 5.43 Å². The standard InChI is InChI=1S/C20H21BrN4O2/c21-17-9-6-8-15(13-17)19(24-11-4-1-5-12-24)27-20(26)23-25-18-10-3-2-7-16(18)14-22-25/h2-3,6-10,13-14,19H,1,4-5,11-12H2,(H,23,26). The lowest BCUT2D eigenvalue weighted by Crippen LogP contribution is -2.38. The summed E-state index contributed by atoms with van der Waals surface area (Å²) in [7, 11) is 0. The number of hydrogen-bond acceptors (Lipinski definition) is 4. The molecule has 0 bridgehead atoms. The van der Waals surface area contributed by atoms with Crippen LogP contribution in [-0.2, 0) is 4.74 Å². The van der Waals surface area contributed by atoms with Crippen LogP contribution in [0.1, 0.15) is 31.1 Å². The van der Waals surface area contributed by atoms with Crippen LogP contribution in [0.3, 0.4) is 0 Å². The van der Waals surface area contributed by atoms with Crippen LogP contribution in [0.15, 0.2) is 59.2 Å². The van der Waals surface area contributed by atoms with Crippen molar-refractivity contribution in [2.75, 3.05) is 18.5 Å². The molecule has 0 radical (unpaired) electrons. The average molecular weight is 429 g/mol. The summed E-state index contributed by atoms with van der Waals surface area (Å²) in [6.45, 7) is 1.82. The van der Waals surface area contributed by atoms with E-state index in [9.17, 15) is 4.79 Å². The number of benzene rings is 2. The SMILES string of the molecule is O=C(Nn1ncc2ccccc21)OC(c1cccc(Br)c1)N1CCCCC1. The fourth-order valence-corrected chi connectivity index (χ4v) is 3.86. The Balaban J connectivity index is 1.54. The third-order valence-electron chi connectivity index (χ3n) is 4.75. The Morgan fingerprint density at radius 3 is 2.74 bits per heavy atom. The van der Waals surface area contributed by atoms with E-state index in [4.69, 9.17) is 4.74 Å². The molecular formula is C20H21BrN4O2. The number of nitrogens with one attached hydrogen (secondary N) is 1. The van der Waals surface area contributed by atoms with Gasteiger partial charge in [0, 0.05) is 28.5 Å². The maximum atomic E-state index is 12.6. The highest BCUT2D eigenvalue weighted by molar-refractivity contribution is 9.10. The maximum Gasteiger partial charge on any atom is 0.429 e. The second-order valence-electron chi connectivity index (χ2n) is 6.64. The number of aromatic nitrogens is 2. The van der Waals surface area contributed by atoms with Gasteiger partial charge < -0.3 is 4.74 Å². The van der Waals surface area contributed by atoms with E-state index in [-0.39, 0.29) is 0 Å². The van der Waals surface area contributed by atoms with Gasteiger partial charge in [0.1, 0.15) is 0 Å². The number of carbonyl (C=O) groups is 1. The van der Waals surface area contributed by atoms with E-state index < -0.39 is 12.3 Å². The van der Waals surface area contributed by atoms with Gasteiger partial charge in [-0.15, -0.1) is 0 Å². The summed E-state index contributed by atoms with van der Waals surface area (Å²) in [6.07, 6.45) is 4.20. The number of carbonyl (C=O) groups excluding carboxylic acids is 1. The van der Waals surface area contributed by atoms with Crippen LogP contribution in [0.4, 0.5) is 4.79 Å². The van der Waals surface area contributed by atoms with Gasteiger partial charge in [0.2, 0.25) is 0 Å². The molecule has 2 heterocycles. The van der Waals surface area contributed by atoms with E-state index in [1.54, 1.807) is 6.20 Å². The molecule has 1 aliphatic rings. The van der Waals surface area contributed by atoms with Crippen molar-refractivity contribution in [1.82, 2.24) is 14.8 Å². The Bertz CT molecular complexity index is 936. The monoisotopic (exact) mass is 428 g/mol. The van der Waals surface area contributed by atoms with Gasteiger partial charge in [-0.3, -0.25) is 4.90 Å². The summed E-state index contributed by atoms with van der Waals surface area (Å²) in [4.78, 5) is 16.3. The van der Waals surface area contributed by atoms with Gasteiger partial charge in [-0.25, -0.2) is 10.2 Å². The minimum atomic E-state index is -0.528. The Labute approximate surface area is 166 Å². The summed E-state index contributed by atoms with van der Waals surface area (Å²) in [5.74, 6) is 0. The van der Waals surface area contributed by atoms with Gasteiger partial charge in [-0.1, -0.05) is 52.7 Å². The first-order valence-electron chi connectivity index (χ1n) is 9.11. The van der Waals surface area contributed by atoms with Crippen molar-refractivity contribution in [1.29, 1.82) is 0 Å². The minimum absolute atomic E-state index is 0.426. The molecule has 1 aliphatic heterocycles. The zero-order valence-corrected chi connectivity index (χ0v) is 16.4. The van der Waals surface area contributed by atoms with Crippen molar-refractivity contribution in [3.05, 3.63) is 64.8 Å². The van der Waals surface area contributed by atoms with E-state index in [2.05, 4.69) is 31.4 Å². The Hall–Kier alpha value is -2.38. The molecular weight excluding hydrogens is 408 g/mol. The van der Waals surface area contributed by atoms with Crippen LogP contribution in [0.5, 0.6) is 0 Å². The topological polar surface area (TPSA) is 59.4 Å². The predicted octanol–water partition coefficient (Wildman–Crippen LogP) is 4.66. The quantitative estimate of drug-likeness (QED) is 0.655. The van der Waals surface area contributed by atoms with Crippen molar-refractivity contribution in [2.24, 2.45) is 0 Å².